The van der Waals surface area contributed by atoms with Gasteiger partial charge in [-0.2, -0.15) is 0 Å². The zero-order valence-corrected chi connectivity index (χ0v) is 10.7. The average molecular weight is 225 g/mol. The molecular formula is C16H19N. The molecule has 0 heterocycles. The molecule has 0 atom stereocenters. The quantitative estimate of drug-likeness (QED) is 0.824. The third-order valence-corrected chi connectivity index (χ3v) is 3.25. The molecule has 0 aromatic heterocycles. The van der Waals surface area contributed by atoms with Crippen molar-refractivity contribution in [2.45, 2.75) is 27.3 Å². The van der Waals surface area contributed by atoms with E-state index in [1.807, 2.05) is 0 Å². The Balaban J connectivity index is 2.08. The van der Waals surface area contributed by atoms with Gasteiger partial charge in [-0.05, 0) is 55.2 Å². The van der Waals surface area contributed by atoms with Crippen LogP contribution in [0, 0.1) is 20.8 Å². The average Bonchev–Trinajstić information content (AvgIpc) is 2.32. The molecule has 0 saturated carbocycles. The normalized spacial score (nSPS) is 10.3. The van der Waals surface area contributed by atoms with Crippen LogP contribution in [0.4, 0.5) is 5.69 Å². The highest BCUT2D eigenvalue weighted by atomic mass is 14.9. The van der Waals surface area contributed by atoms with Gasteiger partial charge in [0.25, 0.3) is 0 Å². The van der Waals surface area contributed by atoms with Crippen LogP contribution in [0.15, 0.2) is 42.5 Å². The number of aryl methyl sites for hydroxylation is 3. The first kappa shape index (κ1) is 11.7. The molecule has 0 spiro atoms. The van der Waals surface area contributed by atoms with Crippen molar-refractivity contribution in [3.63, 3.8) is 0 Å². The summed E-state index contributed by atoms with van der Waals surface area (Å²) >= 11 is 0. The molecule has 0 unspecified atom stereocenters. The fraction of sp³-hybridized carbons (Fsp3) is 0.250. The monoisotopic (exact) mass is 225 g/mol. The Morgan fingerprint density at radius 1 is 0.824 bits per heavy atom. The van der Waals surface area contributed by atoms with Crippen LogP contribution in [0.5, 0.6) is 0 Å². The molecule has 88 valence electrons. The first-order valence-electron chi connectivity index (χ1n) is 6.02. The fourth-order valence-corrected chi connectivity index (χ4v) is 1.86. The van der Waals surface area contributed by atoms with Gasteiger partial charge in [-0.1, -0.05) is 30.3 Å². The second kappa shape index (κ2) is 5.05. The van der Waals surface area contributed by atoms with Crippen molar-refractivity contribution in [2.24, 2.45) is 0 Å². The molecule has 0 saturated heterocycles. The lowest BCUT2D eigenvalue weighted by Gasteiger charge is -2.10. The van der Waals surface area contributed by atoms with Crippen molar-refractivity contribution in [1.29, 1.82) is 0 Å². The Kier molecular flexibility index (Phi) is 3.48. The molecule has 1 heteroatoms. The van der Waals surface area contributed by atoms with Gasteiger partial charge in [-0.25, -0.2) is 0 Å². The molecule has 0 radical (unpaired) electrons. The Labute approximate surface area is 103 Å². The van der Waals surface area contributed by atoms with Crippen LogP contribution in [0.3, 0.4) is 0 Å². The molecular weight excluding hydrogens is 206 g/mol. The van der Waals surface area contributed by atoms with Crippen molar-refractivity contribution in [1.82, 2.24) is 0 Å². The van der Waals surface area contributed by atoms with Crippen molar-refractivity contribution in [3.8, 4) is 0 Å². The van der Waals surface area contributed by atoms with Crippen LogP contribution in [-0.4, -0.2) is 0 Å². The Bertz CT molecular complexity index is 515. The summed E-state index contributed by atoms with van der Waals surface area (Å²) in [6, 6.07) is 15.0. The van der Waals surface area contributed by atoms with Crippen molar-refractivity contribution >= 4 is 5.69 Å². The van der Waals surface area contributed by atoms with Crippen molar-refractivity contribution < 1.29 is 0 Å². The number of hydrogen-bond donors (Lipinski definition) is 1. The highest BCUT2D eigenvalue weighted by Gasteiger charge is 1.98. The number of benzene rings is 2. The number of hydrogen-bond acceptors (Lipinski definition) is 1. The number of anilines is 1. The van der Waals surface area contributed by atoms with Gasteiger partial charge in [0.2, 0.25) is 0 Å². The minimum Gasteiger partial charge on any atom is -0.381 e. The molecule has 1 N–H and O–H groups in total. The van der Waals surface area contributed by atoms with E-state index in [4.69, 9.17) is 0 Å². The van der Waals surface area contributed by atoms with Gasteiger partial charge < -0.3 is 5.32 Å². The van der Waals surface area contributed by atoms with Crippen LogP contribution >= 0.6 is 0 Å². The maximum Gasteiger partial charge on any atom is 0.0403 e. The van der Waals surface area contributed by atoms with Gasteiger partial charge in [0.1, 0.15) is 0 Å². The van der Waals surface area contributed by atoms with E-state index in [0.717, 1.165) is 6.54 Å². The zero-order chi connectivity index (χ0) is 12.3. The number of nitrogens with one attached hydrogen (secondary N) is 1. The highest BCUT2D eigenvalue weighted by Crippen LogP contribution is 2.16. The van der Waals surface area contributed by atoms with E-state index >= 15 is 0 Å². The molecule has 0 aliphatic carbocycles. The van der Waals surface area contributed by atoms with E-state index < -0.39 is 0 Å². The SMILES string of the molecule is Cc1ccc(NCc2ccccc2C)cc1C. The molecule has 0 fully saturated rings. The molecule has 0 aliphatic heterocycles. The summed E-state index contributed by atoms with van der Waals surface area (Å²) in [5, 5.41) is 3.47. The lowest BCUT2D eigenvalue weighted by molar-refractivity contribution is 1.12. The van der Waals surface area contributed by atoms with Crippen molar-refractivity contribution in [2.75, 3.05) is 5.32 Å². The molecule has 2 rings (SSSR count). The highest BCUT2D eigenvalue weighted by molar-refractivity contribution is 5.48. The Morgan fingerprint density at radius 3 is 2.29 bits per heavy atom. The van der Waals surface area contributed by atoms with Gasteiger partial charge in [-0.3, -0.25) is 0 Å². The van der Waals surface area contributed by atoms with Crippen LogP contribution in [0.25, 0.3) is 0 Å². The zero-order valence-electron chi connectivity index (χ0n) is 10.7. The minimum absolute atomic E-state index is 0.884. The Morgan fingerprint density at radius 2 is 1.59 bits per heavy atom. The fourth-order valence-electron chi connectivity index (χ4n) is 1.86. The summed E-state index contributed by atoms with van der Waals surface area (Å²) in [4.78, 5) is 0. The lowest BCUT2D eigenvalue weighted by Crippen LogP contribution is -2.01. The largest absolute Gasteiger partial charge is 0.381 e. The van der Waals surface area contributed by atoms with Gasteiger partial charge in [0, 0.05) is 12.2 Å². The summed E-state index contributed by atoms with van der Waals surface area (Å²) < 4.78 is 0. The molecule has 1 nitrogen and oxygen atoms in total. The molecule has 17 heavy (non-hydrogen) atoms. The molecule has 2 aromatic carbocycles. The van der Waals surface area contributed by atoms with E-state index in [9.17, 15) is 0 Å². The summed E-state index contributed by atoms with van der Waals surface area (Å²) in [6.07, 6.45) is 0. The second-order valence-corrected chi connectivity index (χ2v) is 4.58. The number of rotatable bonds is 3. The van der Waals surface area contributed by atoms with E-state index in [1.54, 1.807) is 0 Å². The van der Waals surface area contributed by atoms with Gasteiger partial charge in [-0.15, -0.1) is 0 Å². The van der Waals surface area contributed by atoms with Crippen LogP contribution in [0.2, 0.25) is 0 Å². The van der Waals surface area contributed by atoms with Crippen LogP contribution in [-0.2, 0) is 6.54 Å². The molecule has 0 bridgehead atoms. The third-order valence-electron chi connectivity index (χ3n) is 3.25. The lowest BCUT2D eigenvalue weighted by atomic mass is 10.1. The van der Waals surface area contributed by atoms with E-state index in [-0.39, 0.29) is 0 Å². The van der Waals surface area contributed by atoms with E-state index in [0.29, 0.717) is 0 Å². The second-order valence-electron chi connectivity index (χ2n) is 4.58. The maximum absolute atomic E-state index is 3.47. The van der Waals surface area contributed by atoms with Gasteiger partial charge in [0.05, 0.1) is 0 Å². The smallest absolute Gasteiger partial charge is 0.0403 e. The Hall–Kier alpha value is -1.76. The predicted molar refractivity (Wildman–Crippen MR) is 74.4 cm³/mol. The summed E-state index contributed by atoms with van der Waals surface area (Å²) in [5.74, 6) is 0. The molecule has 0 aliphatic rings. The van der Waals surface area contributed by atoms with Crippen molar-refractivity contribution in [3.05, 3.63) is 64.7 Å². The van der Waals surface area contributed by atoms with Gasteiger partial charge >= 0.3 is 0 Å². The summed E-state index contributed by atoms with van der Waals surface area (Å²) in [6.45, 7) is 7.32. The standard InChI is InChI=1S/C16H19N/c1-12-8-9-16(10-14(12)3)17-11-15-7-5-4-6-13(15)2/h4-10,17H,11H2,1-3H3. The van der Waals surface area contributed by atoms with E-state index in [1.165, 1.54) is 27.9 Å². The molecule has 2 aromatic rings. The molecule has 0 amide bonds. The predicted octanol–water partition coefficient (Wildman–Crippen LogP) is 4.22. The van der Waals surface area contributed by atoms with E-state index in [2.05, 4.69) is 68.6 Å². The minimum atomic E-state index is 0.884. The van der Waals surface area contributed by atoms with Crippen LogP contribution < -0.4 is 5.32 Å². The first-order valence-corrected chi connectivity index (χ1v) is 6.02. The maximum atomic E-state index is 3.47. The van der Waals surface area contributed by atoms with Crippen LogP contribution in [0.1, 0.15) is 22.3 Å². The first-order chi connectivity index (χ1) is 8.16. The summed E-state index contributed by atoms with van der Waals surface area (Å²) in [7, 11) is 0. The topological polar surface area (TPSA) is 12.0 Å². The third kappa shape index (κ3) is 2.88. The van der Waals surface area contributed by atoms with Gasteiger partial charge in [0.15, 0.2) is 0 Å². The summed E-state index contributed by atoms with van der Waals surface area (Å²) in [5.41, 5.74) is 6.55.